The Kier molecular flexibility index (Phi) is 8.82. The number of fused-ring (bicyclic) bond motifs is 2. The van der Waals surface area contributed by atoms with Crippen LogP contribution in [0.15, 0.2) is 52.3 Å². The van der Waals surface area contributed by atoms with Crippen molar-refractivity contribution in [3.05, 3.63) is 53.6 Å². The zero-order valence-corrected chi connectivity index (χ0v) is 19.6. The Hall–Kier alpha value is -2.25. The highest BCUT2D eigenvalue weighted by Gasteiger charge is 2.28. The Labute approximate surface area is 192 Å². The van der Waals surface area contributed by atoms with Gasteiger partial charge in [-0.2, -0.15) is 0 Å². The molecular weight excluding hydrogens is 451 g/mol. The number of carboxylic acid groups (broad SMARTS) is 1. The predicted octanol–water partition coefficient (Wildman–Crippen LogP) is 6.22. The molecule has 1 aliphatic heterocycles. The van der Waals surface area contributed by atoms with Gasteiger partial charge in [0.25, 0.3) is 0 Å². The van der Waals surface area contributed by atoms with Gasteiger partial charge in [-0.05, 0) is 42.7 Å². The van der Waals surface area contributed by atoms with Gasteiger partial charge in [-0.3, -0.25) is 14.2 Å². The van der Waals surface area contributed by atoms with Crippen LogP contribution in [0.5, 0.6) is 5.75 Å². The second-order valence-electron chi connectivity index (χ2n) is 7.29. The van der Waals surface area contributed by atoms with Crippen LogP contribution in [0.3, 0.4) is 0 Å². The molecule has 0 saturated heterocycles. The van der Waals surface area contributed by atoms with Crippen LogP contribution in [-0.4, -0.2) is 29.7 Å². The molecule has 0 fully saturated rings. The molecule has 2 aromatic carbocycles. The van der Waals surface area contributed by atoms with E-state index < -0.39 is 13.8 Å². The fourth-order valence-electron chi connectivity index (χ4n) is 3.31. The fourth-order valence-corrected chi connectivity index (χ4v) is 5.27. The standard InChI is InChI=1S/C23H27O7PS/c1-28-19-12-9-11-18-20(16-17-10-6-7-13-21(17)32-23(18)19)30-31(26,27)29-15-8-4-2-3-5-14-22(24)25/h6-7,9-13,16H,2-5,8,14-15H2,1H3,(H,24,25)(H,26,27). The number of rotatable bonds is 12. The second-order valence-corrected chi connectivity index (χ2v) is 9.72. The Bertz CT molecular complexity index is 1020. The van der Waals surface area contributed by atoms with Crippen LogP contribution in [0.25, 0.3) is 11.8 Å². The van der Waals surface area contributed by atoms with E-state index in [4.69, 9.17) is 18.9 Å². The number of phosphoric ester groups is 1. The summed E-state index contributed by atoms with van der Waals surface area (Å²) in [5.41, 5.74) is 1.52. The van der Waals surface area contributed by atoms with Gasteiger partial charge in [-0.1, -0.05) is 55.3 Å². The molecule has 0 radical (unpaired) electrons. The lowest BCUT2D eigenvalue weighted by atomic mass is 10.1. The van der Waals surface area contributed by atoms with E-state index >= 15 is 0 Å². The molecule has 1 unspecified atom stereocenters. The van der Waals surface area contributed by atoms with E-state index in [1.807, 2.05) is 36.4 Å². The first-order valence-corrected chi connectivity index (χ1v) is 12.8. The molecule has 0 aromatic heterocycles. The molecule has 0 aliphatic carbocycles. The van der Waals surface area contributed by atoms with Crippen LogP contribution in [0, 0.1) is 0 Å². The summed E-state index contributed by atoms with van der Waals surface area (Å²) in [5, 5.41) is 8.64. The lowest BCUT2D eigenvalue weighted by Gasteiger charge is -2.17. The second kappa shape index (κ2) is 11.6. The van der Waals surface area contributed by atoms with Crippen LogP contribution in [0.4, 0.5) is 0 Å². The maximum Gasteiger partial charge on any atom is 0.527 e. The number of ether oxygens (including phenoxy) is 1. The van der Waals surface area contributed by atoms with E-state index in [1.165, 1.54) is 11.8 Å². The normalized spacial score (nSPS) is 14.4. The SMILES string of the molecule is COc1cccc2c1Sc1ccccc1C=C2OP(=O)(O)OCCCCCCCC(=O)O. The zero-order chi connectivity index (χ0) is 23.0. The van der Waals surface area contributed by atoms with Crippen molar-refractivity contribution in [2.75, 3.05) is 13.7 Å². The molecular formula is C23H27O7PS. The molecule has 2 N–H and O–H groups in total. The van der Waals surface area contributed by atoms with Crippen LogP contribution >= 0.6 is 19.6 Å². The van der Waals surface area contributed by atoms with Gasteiger partial charge >= 0.3 is 13.8 Å². The smallest absolute Gasteiger partial charge is 0.496 e. The number of unbranched alkanes of at least 4 members (excludes halogenated alkanes) is 4. The van der Waals surface area contributed by atoms with Gasteiger partial charge in [-0.15, -0.1) is 0 Å². The fraction of sp³-hybridized carbons (Fsp3) is 0.348. The first-order valence-electron chi connectivity index (χ1n) is 10.4. The lowest BCUT2D eigenvalue weighted by molar-refractivity contribution is -0.137. The molecule has 0 amide bonds. The van der Waals surface area contributed by atoms with Crippen LogP contribution in [0.1, 0.15) is 49.7 Å². The van der Waals surface area contributed by atoms with Crippen LogP contribution in [0.2, 0.25) is 0 Å². The molecule has 1 aliphatic rings. The number of carbonyl (C=O) groups is 1. The number of hydrogen-bond acceptors (Lipinski definition) is 6. The Balaban J connectivity index is 1.65. The average Bonchev–Trinajstić information content (AvgIpc) is 2.91. The van der Waals surface area contributed by atoms with Gasteiger partial charge in [-0.25, -0.2) is 4.57 Å². The van der Waals surface area contributed by atoms with Crippen molar-refractivity contribution in [2.45, 2.75) is 48.3 Å². The van der Waals surface area contributed by atoms with Crippen LogP contribution < -0.4 is 4.74 Å². The van der Waals surface area contributed by atoms with Crippen molar-refractivity contribution in [3.8, 4) is 5.75 Å². The molecule has 7 nitrogen and oxygen atoms in total. The topological polar surface area (TPSA) is 102 Å². The van der Waals surface area contributed by atoms with Crippen molar-refractivity contribution in [3.63, 3.8) is 0 Å². The van der Waals surface area contributed by atoms with E-state index in [1.54, 1.807) is 19.3 Å². The van der Waals surface area contributed by atoms with Gasteiger partial charge in [0.05, 0.1) is 18.6 Å². The molecule has 1 atom stereocenters. The molecule has 32 heavy (non-hydrogen) atoms. The molecule has 2 aromatic rings. The third-order valence-corrected chi connectivity index (χ3v) is 7.04. The maximum atomic E-state index is 12.6. The molecule has 0 spiro atoms. The quantitative estimate of drug-likeness (QED) is 0.274. The highest BCUT2D eigenvalue weighted by molar-refractivity contribution is 7.99. The minimum absolute atomic E-state index is 0.0797. The third-order valence-electron chi connectivity index (χ3n) is 4.89. The van der Waals surface area contributed by atoms with Crippen LogP contribution in [-0.2, 0) is 18.4 Å². The molecule has 1 heterocycles. The summed E-state index contributed by atoms with van der Waals surface area (Å²) in [6, 6.07) is 13.2. The van der Waals surface area contributed by atoms with Gasteiger partial charge < -0.3 is 14.4 Å². The maximum absolute atomic E-state index is 12.6. The van der Waals surface area contributed by atoms with Gasteiger partial charge in [0.1, 0.15) is 11.5 Å². The first-order chi connectivity index (χ1) is 15.4. The highest BCUT2D eigenvalue weighted by atomic mass is 32.2. The summed E-state index contributed by atoms with van der Waals surface area (Å²) >= 11 is 1.51. The number of aliphatic carboxylic acids is 1. The number of benzene rings is 2. The monoisotopic (exact) mass is 478 g/mol. The van der Waals surface area contributed by atoms with Gasteiger partial charge in [0.15, 0.2) is 0 Å². The Morgan fingerprint density at radius 1 is 1.03 bits per heavy atom. The van der Waals surface area contributed by atoms with Gasteiger partial charge in [0, 0.05) is 16.9 Å². The van der Waals surface area contributed by atoms with E-state index in [2.05, 4.69) is 0 Å². The summed E-state index contributed by atoms with van der Waals surface area (Å²) in [6.45, 7) is 0.0797. The first kappa shape index (κ1) is 24.4. The number of hydrogen-bond donors (Lipinski definition) is 2. The van der Waals surface area contributed by atoms with Crippen molar-refractivity contribution >= 4 is 37.4 Å². The van der Waals surface area contributed by atoms with Crippen molar-refractivity contribution < 1.29 is 33.1 Å². The number of phosphoric acid groups is 1. The van der Waals surface area contributed by atoms with Crippen molar-refractivity contribution in [2.24, 2.45) is 0 Å². The minimum atomic E-state index is -4.34. The highest BCUT2D eigenvalue weighted by Crippen LogP contribution is 2.52. The molecule has 0 bridgehead atoms. The lowest BCUT2D eigenvalue weighted by Crippen LogP contribution is -1.99. The minimum Gasteiger partial charge on any atom is -0.496 e. The predicted molar refractivity (Wildman–Crippen MR) is 124 cm³/mol. The summed E-state index contributed by atoms with van der Waals surface area (Å²) in [5.74, 6) is 0.103. The van der Waals surface area contributed by atoms with Crippen molar-refractivity contribution in [1.82, 2.24) is 0 Å². The summed E-state index contributed by atoms with van der Waals surface area (Å²) in [6.07, 6.45) is 5.56. The van der Waals surface area contributed by atoms with E-state index in [0.29, 0.717) is 24.2 Å². The number of carboxylic acids is 1. The van der Waals surface area contributed by atoms with Crippen molar-refractivity contribution in [1.29, 1.82) is 0 Å². The molecule has 3 rings (SSSR count). The van der Waals surface area contributed by atoms with E-state index in [-0.39, 0.29) is 18.8 Å². The summed E-state index contributed by atoms with van der Waals surface area (Å²) in [7, 11) is -2.76. The molecule has 9 heteroatoms. The Morgan fingerprint density at radius 2 is 1.78 bits per heavy atom. The molecule has 0 saturated carbocycles. The van der Waals surface area contributed by atoms with E-state index in [9.17, 15) is 14.3 Å². The molecule has 172 valence electrons. The largest absolute Gasteiger partial charge is 0.527 e. The van der Waals surface area contributed by atoms with E-state index in [0.717, 1.165) is 34.6 Å². The summed E-state index contributed by atoms with van der Waals surface area (Å²) in [4.78, 5) is 22.6. The Morgan fingerprint density at radius 3 is 2.56 bits per heavy atom. The number of methoxy groups -OCH3 is 1. The summed E-state index contributed by atoms with van der Waals surface area (Å²) < 4.78 is 28.9. The zero-order valence-electron chi connectivity index (χ0n) is 17.9. The average molecular weight is 479 g/mol. The third kappa shape index (κ3) is 6.87. The van der Waals surface area contributed by atoms with Gasteiger partial charge in [0.2, 0.25) is 0 Å².